The normalized spacial score (nSPS) is 10.8. The molecule has 3 rings (SSSR count). The van der Waals surface area contributed by atoms with Crippen LogP contribution >= 0.6 is 11.6 Å². The van der Waals surface area contributed by atoms with Gasteiger partial charge in [-0.1, -0.05) is 35.4 Å². The second-order valence-electron chi connectivity index (χ2n) is 4.65. The number of benzene rings is 2. The highest BCUT2D eigenvalue weighted by Crippen LogP contribution is 2.29. The van der Waals surface area contributed by atoms with E-state index in [9.17, 15) is 0 Å². The maximum Gasteiger partial charge on any atom is 0.163 e. The van der Waals surface area contributed by atoms with E-state index in [1.807, 2.05) is 43.4 Å². The Bertz CT molecular complexity index is 784. The maximum absolute atomic E-state index is 6.23. The number of hydrogen-bond acceptors (Lipinski definition) is 3. The first-order valence-electron chi connectivity index (χ1n) is 6.40. The van der Waals surface area contributed by atoms with Gasteiger partial charge in [0.25, 0.3) is 0 Å². The summed E-state index contributed by atoms with van der Waals surface area (Å²) in [5, 5.41) is 4.80. The van der Waals surface area contributed by atoms with Gasteiger partial charge in [-0.05, 0) is 31.2 Å². The highest BCUT2D eigenvalue weighted by molar-refractivity contribution is 6.33. The van der Waals surface area contributed by atoms with E-state index in [-0.39, 0.29) is 0 Å². The van der Waals surface area contributed by atoms with Crippen molar-refractivity contribution in [3.8, 4) is 11.4 Å². The van der Waals surface area contributed by atoms with E-state index < -0.39 is 0 Å². The number of nitrogens with one attached hydrogen (secondary N) is 1. The summed E-state index contributed by atoms with van der Waals surface area (Å²) >= 11 is 6.23. The van der Waals surface area contributed by atoms with Crippen LogP contribution in [0.1, 0.15) is 5.56 Å². The summed E-state index contributed by atoms with van der Waals surface area (Å²) in [6.45, 7) is 2.06. The van der Waals surface area contributed by atoms with Crippen LogP contribution in [-0.2, 0) is 0 Å². The van der Waals surface area contributed by atoms with Crippen LogP contribution in [0.3, 0.4) is 0 Å². The fourth-order valence-corrected chi connectivity index (χ4v) is 2.42. The Morgan fingerprint density at radius 1 is 1.05 bits per heavy atom. The number of hydrogen-bond donors (Lipinski definition) is 1. The molecule has 0 atom stereocenters. The molecular weight excluding hydrogens is 270 g/mol. The molecule has 0 amide bonds. The van der Waals surface area contributed by atoms with Crippen LogP contribution in [0.25, 0.3) is 22.3 Å². The number of fused-ring (bicyclic) bond motifs is 1. The van der Waals surface area contributed by atoms with E-state index in [1.54, 1.807) is 0 Å². The van der Waals surface area contributed by atoms with Crippen molar-refractivity contribution in [3.05, 3.63) is 53.1 Å². The van der Waals surface area contributed by atoms with E-state index in [2.05, 4.69) is 28.3 Å². The van der Waals surface area contributed by atoms with Crippen molar-refractivity contribution in [2.45, 2.75) is 6.92 Å². The van der Waals surface area contributed by atoms with E-state index in [1.165, 1.54) is 5.56 Å². The number of aromatic nitrogens is 2. The van der Waals surface area contributed by atoms with Gasteiger partial charge in [-0.3, -0.25) is 0 Å². The molecule has 0 saturated heterocycles. The predicted molar refractivity (Wildman–Crippen MR) is 84.3 cm³/mol. The van der Waals surface area contributed by atoms with Crippen molar-refractivity contribution in [3.63, 3.8) is 0 Å². The first-order valence-corrected chi connectivity index (χ1v) is 6.78. The van der Waals surface area contributed by atoms with Gasteiger partial charge in [-0.15, -0.1) is 0 Å². The van der Waals surface area contributed by atoms with Gasteiger partial charge in [-0.25, -0.2) is 9.97 Å². The second kappa shape index (κ2) is 5.10. The number of aryl methyl sites for hydroxylation is 1. The van der Waals surface area contributed by atoms with Gasteiger partial charge in [0, 0.05) is 18.0 Å². The second-order valence-corrected chi connectivity index (χ2v) is 5.05. The highest BCUT2D eigenvalue weighted by Gasteiger charge is 2.10. The molecule has 3 nitrogen and oxygen atoms in total. The van der Waals surface area contributed by atoms with Crippen LogP contribution < -0.4 is 5.32 Å². The molecule has 0 aliphatic heterocycles. The van der Waals surface area contributed by atoms with Crippen LogP contribution in [0.15, 0.2) is 42.5 Å². The maximum atomic E-state index is 6.23. The summed E-state index contributed by atoms with van der Waals surface area (Å²) in [4.78, 5) is 9.21. The molecule has 0 saturated carbocycles. The smallest absolute Gasteiger partial charge is 0.163 e. The van der Waals surface area contributed by atoms with Crippen LogP contribution in [-0.4, -0.2) is 17.0 Å². The summed E-state index contributed by atoms with van der Waals surface area (Å²) in [7, 11) is 1.86. The molecule has 100 valence electrons. The molecule has 0 spiro atoms. The van der Waals surface area contributed by atoms with Gasteiger partial charge in [0.2, 0.25) is 0 Å². The Balaban J connectivity index is 2.29. The number of nitrogens with zero attached hydrogens (tertiary/aromatic N) is 2. The lowest BCUT2D eigenvalue weighted by Gasteiger charge is -2.09. The molecule has 2 aromatic carbocycles. The van der Waals surface area contributed by atoms with Crippen LogP contribution in [0.2, 0.25) is 5.02 Å². The van der Waals surface area contributed by atoms with Gasteiger partial charge in [0.15, 0.2) is 5.82 Å². The topological polar surface area (TPSA) is 37.8 Å². The monoisotopic (exact) mass is 283 g/mol. The predicted octanol–water partition coefficient (Wildman–Crippen LogP) is 4.30. The SMILES string of the molecule is CNc1nc(-c2ccccc2Cl)nc2ccc(C)cc12. The first-order chi connectivity index (χ1) is 9.69. The molecule has 1 heterocycles. The fraction of sp³-hybridized carbons (Fsp3) is 0.125. The summed E-state index contributed by atoms with van der Waals surface area (Å²) in [5.74, 6) is 1.45. The average molecular weight is 284 g/mol. The van der Waals surface area contributed by atoms with Crippen molar-refractivity contribution in [2.75, 3.05) is 12.4 Å². The molecule has 4 heteroatoms. The fourth-order valence-electron chi connectivity index (χ4n) is 2.20. The zero-order valence-corrected chi connectivity index (χ0v) is 12.1. The molecule has 0 aliphatic rings. The Morgan fingerprint density at radius 2 is 1.85 bits per heavy atom. The van der Waals surface area contributed by atoms with Gasteiger partial charge in [0.1, 0.15) is 5.82 Å². The van der Waals surface area contributed by atoms with Gasteiger partial charge in [-0.2, -0.15) is 0 Å². The summed E-state index contributed by atoms with van der Waals surface area (Å²) in [5.41, 5.74) is 2.93. The molecule has 0 fully saturated rings. The molecule has 0 unspecified atom stereocenters. The minimum atomic E-state index is 0.635. The minimum absolute atomic E-state index is 0.635. The highest BCUT2D eigenvalue weighted by atomic mass is 35.5. The number of anilines is 1. The molecule has 1 N–H and O–H groups in total. The first kappa shape index (κ1) is 12.9. The van der Waals surface area contributed by atoms with E-state index in [0.717, 1.165) is 22.3 Å². The molecule has 20 heavy (non-hydrogen) atoms. The minimum Gasteiger partial charge on any atom is -0.373 e. The quantitative estimate of drug-likeness (QED) is 0.762. The third-order valence-corrected chi connectivity index (χ3v) is 3.53. The van der Waals surface area contributed by atoms with Crippen molar-refractivity contribution >= 4 is 28.3 Å². The van der Waals surface area contributed by atoms with Crippen LogP contribution in [0, 0.1) is 6.92 Å². The van der Waals surface area contributed by atoms with Crippen molar-refractivity contribution < 1.29 is 0 Å². The molecule has 3 aromatic rings. The standard InChI is InChI=1S/C16H14ClN3/c1-10-7-8-14-12(9-10)15(18-2)20-16(19-14)11-5-3-4-6-13(11)17/h3-9H,1-2H3,(H,18,19,20). The zero-order valence-electron chi connectivity index (χ0n) is 11.3. The molecule has 1 aromatic heterocycles. The lowest BCUT2D eigenvalue weighted by atomic mass is 10.1. The number of halogens is 1. The van der Waals surface area contributed by atoms with Gasteiger partial charge >= 0.3 is 0 Å². The molecule has 0 bridgehead atoms. The average Bonchev–Trinajstić information content (AvgIpc) is 2.46. The lowest BCUT2D eigenvalue weighted by molar-refractivity contribution is 1.21. The summed E-state index contributed by atoms with van der Waals surface area (Å²) in [6, 6.07) is 13.7. The Labute approximate surface area is 122 Å². The summed E-state index contributed by atoms with van der Waals surface area (Å²) < 4.78 is 0. The van der Waals surface area contributed by atoms with E-state index in [4.69, 9.17) is 11.6 Å². The van der Waals surface area contributed by atoms with E-state index >= 15 is 0 Å². The van der Waals surface area contributed by atoms with Crippen LogP contribution in [0.5, 0.6) is 0 Å². The van der Waals surface area contributed by atoms with Gasteiger partial charge in [0.05, 0.1) is 10.5 Å². The van der Waals surface area contributed by atoms with Crippen molar-refractivity contribution in [2.24, 2.45) is 0 Å². The molecule has 0 radical (unpaired) electrons. The lowest BCUT2D eigenvalue weighted by Crippen LogP contribution is -1.99. The summed E-state index contributed by atoms with van der Waals surface area (Å²) in [6.07, 6.45) is 0. The van der Waals surface area contributed by atoms with Crippen molar-refractivity contribution in [1.82, 2.24) is 9.97 Å². The van der Waals surface area contributed by atoms with Gasteiger partial charge < -0.3 is 5.32 Å². The largest absolute Gasteiger partial charge is 0.373 e. The van der Waals surface area contributed by atoms with Crippen LogP contribution in [0.4, 0.5) is 5.82 Å². The molecule has 0 aliphatic carbocycles. The van der Waals surface area contributed by atoms with Crippen molar-refractivity contribution in [1.29, 1.82) is 0 Å². The Kier molecular flexibility index (Phi) is 3.28. The molecular formula is C16H14ClN3. The Morgan fingerprint density at radius 3 is 2.60 bits per heavy atom. The zero-order chi connectivity index (χ0) is 14.1. The third-order valence-electron chi connectivity index (χ3n) is 3.20. The third kappa shape index (κ3) is 2.21. The van der Waals surface area contributed by atoms with E-state index in [0.29, 0.717) is 10.8 Å². The number of rotatable bonds is 2. The Hall–Kier alpha value is -2.13.